The van der Waals surface area contributed by atoms with Crippen LogP contribution in [0.4, 0.5) is 0 Å². The van der Waals surface area contributed by atoms with Gasteiger partial charge < -0.3 is 0 Å². The van der Waals surface area contributed by atoms with Gasteiger partial charge in [-0.25, -0.2) is 0 Å². The third-order valence-corrected chi connectivity index (χ3v) is 1.89. The van der Waals surface area contributed by atoms with Crippen LogP contribution in [-0.2, 0) is 0 Å². The highest BCUT2D eigenvalue weighted by Gasteiger charge is 1.92. The Morgan fingerprint density at radius 1 is 1.40 bits per heavy atom. The van der Waals surface area contributed by atoms with Gasteiger partial charge in [-0.05, 0) is 34.7 Å². The van der Waals surface area contributed by atoms with E-state index >= 15 is 0 Å². The maximum atomic E-state index is 3.87. The predicted octanol–water partition coefficient (Wildman–Crippen LogP) is 1.33. The van der Waals surface area contributed by atoms with E-state index in [0.29, 0.717) is 0 Å². The molecule has 0 saturated carbocycles. The molecule has 0 spiro atoms. The molecule has 0 radical (unpaired) electrons. The van der Waals surface area contributed by atoms with Crippen LogP contribution in [0.15, 0.2) is 24.7 Å². The molecule has 2 heterocycles. The summed E-state index contributed by atoms with van der Waals surface area (Å²) in [5.41, 5.74) is 0.889. The molecule has 2 aromatic heterocycles. The van der Waals surface area contributed by atoms with Crippen molar-refractivity contribution in [1.82, 2.24) is 14.6 Å². The first-order chi connectivity index (χ1) is 4.86. The van der Waals surface area contributed by atoms with Gasteiger partial charge in [-0.15, -0.1) is 10.2 Å². The quantitative estimate of drug-likeness (QED) is 0.655. The summed E-state index contributed by atoms with van der Waals surface area (Å²) in [7, 11) is 0. The standard InChI is InChI=1S/C6H4IN3/c7-5-1-2-6-9-8-4-10(6)3-5/h1-4H. The van der Waals surface area contributed by atoms with Crippen LogP contribution in [0.1, 0.15) is 0 Å². The highest BCUT2D eigenvalue weighted by molar-refractivity contribution is 14.1. The third-order valence-electron chi connectivity index (χ3n) is 1.25. The van der Waals surface area contributed by atoms with Crippen LogP contribution in [0, 0.1) is 3.57 Å². The van der Waals surface area contributed by atoms with Crippen LogP contribution < -0.4 is 0 Å². The van der Waals surface area contributed by atoms with Crippen molar-refractivity contribution in [2.45, 2.75) is 0 Å². The first kappa shape index (κ1) is 6.09. The van der Waals surface area contributed by atoms with Crippen LogP contribution in [0.2, 0.25) is 0 Å². The first-order valence-corrected chi connectivity index (χ1v) is 3.89. The van der Waals surface area contributed by atoms with E-state index in [1.807, 2.05) is 22.7 Å². The molecule has 0 atom stereocenters. The monoisotopic (exact) mass is 245 g/mol. The maximum absolute atomic E-state index is 3.87. The van der Waals surface area contributed by atoms with Crippen molar-refractivity contribution in [3.05, 3.63) is 28.2 Å². The summed E-state index contributed by atoms with van der Waals surface area (Å²) in [6.07, 6.45) is 3.67. The SMILES string of the molecule is Ic1ccc2nncn2c1. The molecule has 0 N–H and O–H groups in total. The van der Waals surface area contributed by atoms with Crippen LogP contribution >= 0.6 is 22.6 Å². The van der Waals surface area contributed by atoms with E-state index in [2.05, 4.69) is 32.8 Å². The molecule has 0 aliphatic rings. The Labute approximate surface area is 71.2 Å². The number of fused-ring (bicyclic) bond motifs is 1. The van der Waals surface area contributed by atoms with Gasteiger partial charge in [0.25, 0.3) is 0 Å². The molecule has 50 valence electrons. The lowest BCUT2D eigenvalue weighted by atomic mass is 10.5. The molecule has 0 fully saturated rings. The summed E-state index contributed by atoms with van der Waals surface area (Å²) in [4.78, 5) is 0. The summed E-state index contributed by atoms with van der Waals surface area (Å²) in [5, 5.41) is 7.62. The lowest BCUT2D eigenvalue weighted by Gasteiger charge is -1.90. The summed E-state index contributed by atoms with van der Waals surface area (Å²) < 4.78 is 3.08. The zero-order valence-corrected chi connectivity index (χ0v) is 7.19. The second-order valence-electron chi connectivity index (χ2n) is 1.94. The fraction of sp³-hybridized carbons (Fsp3) is 0. The number of pyridine rings is 1. The lowest BCUT2D eigenvalue weighted by molar-refractivity contribution is 1.10. The van der Waals surface area contributed by atoms with Gasteiger partial charge in [0.2, 0.25) is 0 Å². The van der Waals surface area contributed by atoms with Crippen molar-refractivity contribution in [3.8, 4) is 0 Å². The summed E-state index contributed by atoms with van der Waals surface area (Å²) in [5.74, 6) is 0. The minimum absolute atomic E-state index is 0.889. The maximum Gasteiger partial charge on any atom is 0.160 e. The normalized spacial score (nSPS) is 10.5. The smallest absolute Gasteiger partial charge is 0.160 e. The summed E-state index contributed by atoms with van der Waals surface area (Å²) in [6, 6.07) is 3.94. The molecule has 3 nitrogen and oxygen atoms in total. The molecule has 4 heteroatoms. The molecule has 2 aromatic rings. The third kappa shape index (κ3) is 0.880. The van der Waals surface area contributed by atoms with E-state index in [0.717, 1.165) is 5.65 Å². The Hall–Kier alpha value is -0.650. The fourth-order valence-electron chi connectivity index (χ4n) is 0.800. The molecule has 0 amide bonds. The van der Waals surface area contributed by atoms with E-state index < -0.39 is 0 Å². The second kappa shape index (κ2) is 2.19. The molecular formula is C6H4IN3. The predicted molar refractivity (Wildman–Crippen MR) is 45.7 cm³/mol. The number of aromatic nitrogens is 3. The van der Waals surface area contributed by atoms with Gasteiger partial charge in [0.15, 0.2) is 5.65 Å². The van der Waals surface area contributed by atoms with E-state index in [9.17, 15) is 0 Å². The van der Waals surface area contributed by atoms with Gasteiger partial charge in [0, 0.05) is 9.77 Å². The zero-order chi connectivity index (χ0) is 6.97. The highest BCUT2D eigenvalue weighted by Crippen LogP contribution is 2.04. The molecule has 0 aromatic carbocycles. The Morgan fingerprint density at radius 3 is 3.20 bits per heavy atom. The van der Waals surface area contributed by atoms with Gasteiger partial charge in [0.05, 0.1) is 0 Å². The minimum atomic E-state index is 0.889. The number of hydrogen-bond acceptors (Lipinski definition) is 2. The van der Waals surface area contributed by atoms with Crippen molar-refractivity contribution in [2.24, 2.45) is 0 Å². The molecule has 2 rings (SSSR count). The number of hydrogen-bond donors (Lipinski definition) is 0. The summed E-state index contributed by atoms with van der Waals surface area (Å²) >= 11 is 2.25. The van der Waals surface area contributed by atoms with Crippen molar-refractivity contribution in [1.29, 1.82) is 0 Å². The Balaban J connectivity index is 2.86. The highest BCUT2D eigenvalue weighted by atomic mass is 127. The fourth-order valence-corrected chi connectivity index (χ4v) is 1.28. The van der Waals surface area contributed by atoms with Gasteiger partial charge in [-0.3, -0.25) is 4.40 Å². The second-order valence-corrected chi connectivity index (χ2v) is 3.19. The van der Waals surface area contributed by atoms with Crippen molar-refractivity contribution in [2.75, 3.05) is 0 Å². The Morgan fingerprint density at radius 2 is 2.30 bits per heavy atom. The van der Waals surface area contributed by atoms with Gasteiger partial charge in [0.1, 0.15) is 6.33 Å². The zero-order valence-electron chi connectivity index (χ0n) is 5.03. The Kier molecular flexibility index (Phi) is 1.33. The molecule has 0 aliphatic carbocycles. The molecule has 10 heavy (non-hydrogen) atoms. The van der Waals surface area contributed by atoms with Crippen LogP contribution in [0.25, 0.3) is 5.65 Å². The van der Waals surface area contributed by atoms with Crippen molar-refractivity contribution < 1.29 is 0 Å². The van der Waals surface area contributed by atoms with E-state index in [-0.39, 0.29) is 0 Å². The van der Waals surface area contributed by atoms with Crippen LogP contribution in [-0.4, -0.2) is 14.6 Å². The van der Waals surface area contributed by atoms with Gasteiger partial charge >= 0.3 is 0 Å². The van der Waals surface area contributed by atoms with E-state index in [1.165, 1.54) is 3.57 Å². The van der Waals surface area contributed by atoms with Crippen LogP contribution in [0.5, 0.6) is 0 Å². The van der Waals surface area contributed by atoms with E-state index in [1.54, 1.807) is 6.33 Å². The lowest BCUT2D eigenvalue weighted by Crippen LogP contribution is -1.82. The Bertz CT molecular complexity index is 355. The van der Waals surface area contributed by atoms with Gasteiger partial charge in [-0.2, -0.15) is 0 Å². The topological polar surface area (TPSA) is 30.2 Å². The average molecular weight is 245 g/mol. The first-order valence-electron chi connectivity index (χ1n) is 2.81. The van der Waals surface area contributed by atoms with Crippen molar-refractivity contribution in [3.63, 3.8) is 0 Å². The van der Waals surface area contributed by atoms with Crippen molar-refractivity contribution >= 4 is 28.2 Å². The molecular weight excluding hydrogens is 241 g/mol. The minimum Gasteiger partial charge on any atom is -0.288 e. The number of halogens is 1. The average Bonchev–Trinajstić information content (AvgIpc) is 2.33. The summed E-state index contributed by atoms with van der Waals surface area (Å²) in [6.45, 7) is 0. The molecule has 0 bridgehead atoms. The largest absolute Gasteiger partial charge is 0.288 e. The number of rotatable bonds is 0. The molecule has 0 aliphatic heterocycles. The molecule has 0 unspecified atom stereocenters. The van der Waals surface area contributed by atoms with E-state index in [4.69, 9.17) is 0 Å². The van der Waals surface area contributed by atoms with Crippen LogP contribution in [0.3, 0.4) is 0 Å². The number of nitrogens with zero attached hydrogens (tertiary/aromatic N) is 3. The molecule has 0 saturated heterocycles. The van der Waals surface area contributed by atoms with Gasteiger partial charge in [-0.1, -0.05) is 0 Å².